The summed E-state index contributed by atoms with van der Waals surface area (Å²) < 4.78 is 20.4. The molecule has 0 bridgehead atoms. The Morgan fingerprint density at radius 2 is 1.17 bits per heavy atom. The number of phosphoric ester groups is 1. The predicted octanol–water partition coefficient (Wildman–Crippen LogP) is 7.42. The average Bonchev–Trinajstić information content (AvgIpc) is 2.68. The van der Waals surface area contributed by atoms with Gasteiger partial charge in [-0.15, -0.1) is 0 Å². The molecule has 0 saturated carbocycles. The van der Waals surface area contributed by atoms with E-state index in [0.29, 0.717) is 6.42 Å². The van der Waals surface area contributed by atoms with Crippen LogP contribution in [0.3, 0.4) is 0 Å². The molecular weight excluding hydrogens is 391 g/mol. The van der Waals surface area contributed by atoms with Crippen molar-refractivity contribution in [1.82, 2.24) is 0 Å². The minimum Gasteiger partial charge on any atom is -0.300 e. The molecule has 0 rings (SSSR count). The van der Waals surface area contributed by atoms with Crippen LogP contribution in [0.2, 0.25) is 0 Å². The summed E-state index contributed by atoms with van der Waals surface area (Å²) in [5.74, 6) is -0.898. The van der Waals surface area contributed by atoms with Gasteiger partial charge in [0.2, 0.25) is 0 Å². The number of hydrogen-bond donors (Lipinski definition) is 1. The summed E-state index contributed by atoms with van der Waals surface area (Å²) in [6.07, 6.45) is 20.2. The van der Waals surface area contributed by atoms with Gasteiger partial charge >= 0.3 is 13.8 Å². The summed E-state index contributed by atoms with van der Waals surface area (Å²) in [6, 6.07) is 0. The maximum absolute atomic E-state index is 11.5. The minimum atomic E-state index is -4.36. The van der Waals surface area contributed by atoms with E-state index in [0.717, 1.165) is 12.8 Å². The zero-order valence-electron chi connectivity index (χ0n) is 18.7. The lowest BCUT2D eigenvalue weighted by molar-refractivity contribution is -0.218. The van der Waals surface area contributed by atoms with Crippen LogP contribution in [0.15, 0.2) is 12.2 Å². The molecule has 0 amide bonds. The summed E-state index contributed by atoms with van der Waals surface area (Å²) >= 11 is 0. The Morgan fingerprint density at radius 3 is 1.55 bits per heavy atom. The van der Waals surface area contributed by atoms with E-state index in [2.05, 4.69) is 23.1 Å². The molecule has 1 unspecified atom stereocenters. The minimum absolute atomic E-state index is 0.0720. The topological polar surface area (TPSA) is 82.1 Å². The van der Waals surface area contributed by atoms with Crippen molar-refractivity contribution in [2.24, 2.45) is 0 Å². The van der Waals surface area contributed by atoms with Crippen LogP contribution in [0.1, 0.15) is 117 Å². The Hall–Kier alpha value is -0.680. The molecule has 0 saturated heterocycles. The van der Waals surface area contributed by atoms with E-state index in [4.69, 9.17) is 4.52 Å². The second-order valence-corrected chi connectivity index (χ2v) is 9.18. The molecule has 6 nitrogen and oxygen atoms in total. The normalized spacial score (nSPS) is 13.2. The van der Waals surface area contributed by atoms with Crippen molar-refractivity contribution >= 4 is 13.8 Å². The molecule has 0 radical (unpaired) electrons. The van der Waals surface area contributed by atoms with Crippen LogP contribution < -0.4 is 0 Å². The maximum atomic E-state index is 11.5. The molecule has 0 aliphatic heterocycles. The first-order chi connectivity index (χ1) is 13.9. The number of carbonyl (C=O) groups excluding carboxylic acids is 1. The summed E-state index contributed by atoms with van der Waals surface area (Å²) in [6.45, 7) is 7.10. The monoisotopic (exact) mass is 434 g/mol. The van der Waals surface area contributed by atoms with Crippen LogP contribution in [0.25, 0.3) is 0 Å². The van der Waals surface area contributed by atoms with Crippen LogP contribution in [0.4, 0.5) is 0 Å². The lowest BCUT2D eigenvalue weighted by Crippen LogP contribution is -2.06. The van der Waals surface area contributed by atoms with Crippen molar-refractivity contribution in [2.45, 2.75) is 117 Å². The predicted molar refractivity (Wildman–Crippen MR) is 117 cm³/mol. The van der Waals surface area contributed by atoms with Gasteiger partial charge in [-0.25, -0.2) is 9.36 Å². The number of phosphoric acid groups is 1. The number of unbranched alkanes of at least 4 members (excludes halogenated alkanes) is 15. The van der Waals surface area contributed by atoms with Crippen LogP contribution in [0.5, 0.6) is 0 Å². The van der Waals surface area contributed by atoms with E-state index in [-0.39, 0.29) is 12.2 Å². The zero-order valence-corrected chi connectivity index (χ0v) is 19.6. The third kappa shape index (κ3) is 20.4. The third-order valence-corrected chi connectivity index (χ3v) is 5.58. The van der Waals surface area contributed by atoms with E-state index in [1.807, 2.05) is 0 Å². The molecule has 0 aromatic rings. The van der Waals surface area contributed by atoms with E-state index in [9.17, 15) is 14.3 Å². The molecule has 1 atom stereocenters. The molecule has 0 aliphatic rings. The van der Waals surface area contributed by atoms with Crippen LogP contribution >= 0.6 is 7.82 Å². The highest BCUT2D eigenvalue weighted by molar-refractivity contribution is 7.47. The van der Waals surface area contributed by atoms with Gasteiger partial charge in [0.15, 0.2) is 0 Å². The van der Waals surface area contributed by atoms with E-state index in [1.54, 1.807) is 0 Å². The smallest absolute Gasteiger partial charge is 0.300 e. The molecule has 1 N–H and O–H groups in total. The lowest BCUT2D eigenvalue weighted by atomic mass is 10.0. The Morgan fingerprint density at radius 1 is 0.793 bits per heavy atom. The molecule has 29 heavy (non-hydrogen) atoms. The summed E-state index contributed by atoms with van der Waals surface area (Å²) in [7, 11) is -4.36. The molecule has 0 heterocycles. The van der Waals surface area contributed by atoms with Crippen molar-refractivity contribution < 1.29 is 28.3 Å². The fourth-order valence-electron chi connectivity index (χ4n) is 3.00. The molecule has 0 aromatic heterocycles. The van der Waals surface area contributed by atoms with Gasteiger partial charge < -0.3 is 4.89 Å². The van der Waals surface area contributed by atoms with Gasteiger partial charge in [0, 0.05) is 5.57 Å². The molecular formula is C22H43O6P. The van der Waals surface area contributed by atoms with E-state index in [1.165, 1.54) is 90.4 Å². The average molecular weight is 435 g/mol. The highest BCUT2D eigenvalue weighted by Gasteiger charge is 2.24. The standard InChI is InChI=1S/C22H43O6P/c1-4-5-6-7-8-9-10-11-12-13-14-15-16-17-18-19-20-26-29(24,25)28-27-22(23)21(2)3/h2,4-20H2,1,3H3,(H,24,25). The highest BCUT2D eigenvalue weighted by Crippen LogP contribution is 2.43. The van der Waals surface area contributed by atoms with Crippen LogP contribution in [-0.4, -0.2) is 17.5 Å². The first-order valence-corrected chi connectivity index (χ1v) is 12.9. The fourth-order valence-corrected chi connectivity index (χ4v) is 3.57. The third-order valence-electron chi connectivity index (χ3n) is 4.81. The zero-order chi connectivity index (χ0) is 21.8. The van der Waals surface area contributed by atoms with Gasteiger partial charge in [-0.3, -0.25) is 9.41 Å². The van der Waals surface area contributed by atoms with Gasteiger partial charge in [-0.05, 0) is 13.3 Å². The number of carbonyl (C=O) groups is 1. The molecule has 172 valence electrons. The van der Waals surface area contributed by atoms with Gasteiger partial charge in [0.05, 0.1) is 6.61 Å². The highest BCUT2D eigenvalue weighted by atomic mass is 31.2. The van der Waals surface area contributed by atoms with Gasteiger partial charge in [0.1, 0.15) is 0 Å². The number of hydrogen-bond acceptors (Lipinski definition) is 5. The Kier molecular flexibility index (Phi) is 18.8. The Balaban J connectivity index is 3.32. The summed E-state index contributed by atoms with van der Waals surface area (Å²) in [5.41, 5.74) is 0.0720. The Labute approximate surface area is 177 Å². The van der Waals surface area contributed by atoms with Crippen molar-refractivity contribution in [2.75, 3.05) is 6.61 Å². The number of rotatable bonds is 21. The second kappa shape index (κ2) is 19.3. The SMILES string of the molecule is C=C(C)C(=O)OOP(=O)(O)OCCCCCCCCCCCCCCCCCC. The molecule has 0 spiro atoms. The van der Waals surface area contributed by atoms with Crippen molar-refractivity contribution in [3.63, 3.8) is 0 Å². The Bertz CT molecular complexity index is 466. The molecule has 0 aromatic carbocycles. The van der Waals surface area contributed by atoms with Crippen molar-refractivity contribution in [3.8, 4) is 0 Å². The van der Waals surface area contributed by atoms with Gasteiger partial charge in [-0.1, -0.05) is 114 Å². The van der Waals surface area contributed by atoms with Gasteiger partial charge in [0.25, 0.3) is 0 Å². The first kappa shape index (κ1) is 28.3. The quantitative estimate of drug-likeness (QED) is 0.0665. The van der Waals surface area contributed by atoms with Crippen LogP contribution in [-0.2, 0) is 23.4 Å². The van der Waals surface area contributed by atoms with Gasteiger partial charge in [-0.2, -0.15) is 0 Å². The van der Waals surface area contributed by atoms with Crippen molar-refractivity contribution in [3.05, 3.63) is 12.2 Å². The van der Waals surface area contributed by atoms with Crippen molar-refractivity contribution in [1.29, 1.82) is 0 Å². The largest absolute Gasteiger partial charge is 0.508 e. The van der Waals surface area contributed by atoms with E-state index >= 15 is 0 Å². The van der Waals surface area contributed by atoms with E-state index < -0.39 is 13.8 Å². The lowest BCUT2D eigenvalue weighted by Gasteiger charge is -2.10. The fraction of sp³-hybridized carbons (Fsp3) is 0.864. The molecule has 0 aliphatic carbocycles. The second-order valence-electron chi connectivity index (χ2n) is 7.83. The molecule has 7 heteroatoms. The maximum Gasteiger partial charge on any atom is 0.508 e. The molecule has 0 fully saturated rings. The van der Waals surface area contributed by atoms with Crippen LogP contribution in [0, 0.1) is 0 Å². The summed E-state index contributed by atoms with van der Waals surface area (Å²) in [4.78, 5) is 24.6. The summed E-state index contributed by atoms with van der Waals surface area (Å²) in [5, 5.41) is 0. The first-order valence-electron chi connectivity index (χ1n) is 11.4.